The summed E-state index contributed by atoms with van der Waals surface area (Å²) >= 11 is 5.40. The van der Waals surface area contributed by atoms with Gasteiger partial charge in [-0.1, -0.05) is 32.3 Å². The second kappa shape index (κ2) is 6.32. The molecule has 0 aliphatic heterocycles. The van der Waals surface area contributed by atoms with Gasteiger partial charge in [-0.2, -0.15) is 0 Å². The van der Waals surface area contributed by atoms with E-state index < -0.39 is 9.84 Å². The number of unbranched alkanes of at least 4 members (excludes halogenated alkanes) is 2. The molecule has 2 rings (SSSR count). The molecule has 6 heteroatoms. The van der Waals surface area contributed by atoms with E-state index in [-0.39, 0.29) is 6.04 Å². The first-order chi connectivity index (χ1) is 9.86. The number of hydrogen-bond acceptors (Lipinski definition) is 3. The Kier molecular flexibility index (Phi) is 4.88. The largest absolute Gasteiger partial charge is 0.329 e. The van der Waals surface area contributed by atoms with Crippen LogP contribution in [0, 0.1) is 4.77 Å². The monoisotopic (exact) mass is 326 g/mol. The molecule has 0 fully saturated rings. The second-order valence-electron chi connectivity index (χ2n) is 5.57. The molecule has 1 N–H and O–H groups in total. The van der Waals surface area contributed by atoms with Crippen LogP contribution in [0.3, 0.4) is 0 Å². The predicted molar refractivity (Wildman–Crippen MR) is 89.1 cm³/mol. The highest BCUT2D eigenvalue weighted by atomic mass is 32.2. The van der Waals surface area contributed by atoms with Gasteiger partial charge in [0.2, 0.25) is 0 Å². The number of benzene rings is 1. The lowest BCUT2D eigenvalue weighted by molar-refractivity contribution is 0.483. The third-order valence-electron chi connectivity index (χ3n) is 3.78. The molecule has 0 saturated heterocycles. The number of nitrogens with zero attached hydrogens (tertiary/aromatic N) is 1. The first-order valence-corrected chi connectivity index (χ1v) is 9.59. The lowest BCUT2D eigenvalue weighted by Gasteiger charge is -2.14. The minimum absolute atomic E-state index is 0.257. The van der Waals surface area contributed by atoms with Gasteiger partial charge in [-0.25, -0.2) is 8.42 Å². The molecule has 1 atom stereocenters. The maximum Gasteiger partial charge on any atom is 0.178 e. The fraction of sp³-hybridized carbons (Fsp3) is 0.533. The van der Waals surface area contributed by atoms with Crippen molar-refractivity contribution < 1.29 is 8.42 Å². The SMILES string of the molecule is CCCCCC(C)n1c(=S)[nH]c2c(S(C)(=O)=O)cccc21. The molecule has 0 aliphatic rings. The van der Waals surface area contributed by atoms with Gasteiger partial charge >= 0.3 is 0 Å². The molecule has 0 saturated carbocycles. The first-order valence-electron chi connectivity index (χ1n) is 7.29. The number of aromatic nitrogens is 2. The van der Waals surface area contributed by atoms with Crippen molar-refractivity contribution in [3.8, 4) is 0 Å². The number of H-pyrrole nitrogens is 1. The Morgan fingerprint density at radius 2 is 2.05 bits per heavy atom. The fourth-order valence-corrected chi connectivity index (χ4v) is 3.92. The Hall–Kier alpha value is -1.14. The van der Waals surface area contributed by atoms with Crippen LogP contribution in [0.4, 0.5) is 0 Å². The normalized spacial score (nSPS) is 13.7. The fourth-order valence-electron chi connectivity index (χ4n) is 2.69. The summed E-state index contributed by atoms with van der Waals surface area (Å²) in [7, 11) is -3.27. The zero-order chi connectivity index (χ0) is 15.6. The molecule has 0 radical (unpaired) electrons. The quantitative estimate of drug-likeness (QED) is 0.638. The van der Waals surface area contributed by atoms with Crippen molar-refractivity contribution in [3.63, 3.8) is 0 Å². The van der Waals surface area contributed by atoms with Gasteiger partial charge in [-0.05, 0) is 37.7 Å². The molecule has 21 heavy (non-hydrogen) atoms. The summed E-state index contributed by atoms with van der Waals surface area (Å²) in [4.78, 5) is 3.38. The summed E-state index contributed by atoms with van der Waals surface area (Å²) in [5.74, 6) is 0. The Morgan fingerprint density at radius 1 is 1.33 bits per heavy atom. The van der Waals surface area contributed by atoms with Gasteiger partial charge in [0.15, 0.2) is 14.6 Å². The molecular weight excluding hydrogens is 304 g/mol. The maximum absolute atomic E-state index is 11.9. The molecule has 1 aromatic carbocycles. The summed E-state index contributed by atoms with van der Waals surface area (Å²) in [6.45, 7) is 4.31. The van der Waals surface area contributed by atoms with E-state index >= 15 is 0 Å². The lowest BCUT2D eigenvalue weighted by Crippen LogP contribution is -2.05. The molecule has 0 spiro atoms. The number of imidazole rings is 1. The molecule has 1 aromatic heterocycles. The Bertz CT molecular complexity index is 788. The van der Waals surface area contributed by atoms with E-state index in [0.717, 1.165) is 18.4 Å². The Morgan fingerprint density at radius 3 is 2.67 bits per heavy atom. The predicted octanol–water partition coefficient (Wildman–Crippen LogP) is 4.24. The van der Waals surface area contributed by atoms with E-state index in [1.807, 2.05) is 10.6 Å². The second-order valence-corrected chi connectivity index (χ2v) is 7.94. The molecule has 116 valence electrons. The number of sulfone groups is 1. The molecule has 0 bridgehead atoms. The molecule has 4 nitrogen and oxygen atoms in total. The van der Waals surface area contributed by atoms with E-state index in [1.54, 1.807) is 12.1 Å². The van der Waals surface area contributed by atoms with E-state index in [2.05, 4.69) is 18.8 Å². The third-order valence-corrected chi connectivity index (χ3v) is 5.22. The van der Waals surface area contributed by atoms with Crippen molar-refractivity contribution in [2.75, 3.05) is 6.26 Å². The van der Waals surface area contributed by atoms with Crippen molar-refractivity contribution in [1.82, 2.24) is 9.55 Å². The summed E-state index contributed by atoms with van der Waals surface area (Å²) in [5.41, 5.74) is 1.49. The van der Waals surface area contributed by atoms with E-state index in [0.29, 0.717) is 15.2 Å². The van der Waals surface area contributed by atoms with Crippen molar-refractivity contribution in [2.24, 2.45) is 0 Å². The number of hydrogen-bond donors (Lipinski definition) is 1. The molecule has 1 heterocycles. The average Bonchev–Trinajstić information content (AvgIpc) is 2.73. The lowest BCUT2D eigenvalue weighted by atomic mass is 10.1. The first kappa shape index (κ1) is 16.2. The van der Waals surface area contributed by atoms with Crippen LogP contribution < -0.4 is 0 Å². The van der Waals surface area contributed by atoms with Crippen molar-refractivity contribution in [1.29, 1.82) is 0 Å². The standard InChI is InChI=1S/C15H22N2O2S2/c1-4-5-6-8-11(2)17-12-9-7-10-13(21(3,18)19)14(12)16-15(17)20/h7,9-11H,4-6,8H2,1-3H3,(H,16,20). The van der Waals surface area contributed by atoms with Crippen LogP contribution in [-0.2, 0) is 9.84 Å². The van der Waals surface area contributed by atoms with Gasteiger partial charge < -0.3 is 9.55 Å². The minimum Gasteiger partial charge on any atom is -0.329 e. The van der Waals surface area contributed by atoms with Gasteiger partial charge in [0.25, 0.3) is 0 Å². The van der Waals surface area contributed by atoms with E-state index in [9.17, 15) is 8.42 Å². The number of rotatable bonds is 6. The van der Waals surface area contributed by atoms with E-state index in [1.165, 1.54) is 19.1 Å². The van der Waals surface area contributed by atoms with Crippen molar-refractivity contribution in [2.45, 2.75) is 50.5 Å². The molecular formula is C15H22N2O2S2. The highest BCUT2D eigenvalue weighted by molar-refractivity contribution is 7.91. The molecule has 2 aromatic rings. The van der Waals surface area contributed by atoms with Crippen molar-refractivity contribution >= 4 is 33.1 Å². The number of aromatic amines is 1. The number of para-hydroxylation sites is 1. The van der Waals surface area contributed by atoms with Gasteiger partial charge in [-0.15, -0.1) is 0 Å². The summed E-state index contributed by atoms with van der Waals surface area (Å²) in [5, 5.41) is 0. The van der Waals surface area contributed by atoms with Gasteiger partial charge in [0.05, 0.1) is 15.9 Å². The van der Waals surface area contributed by atoms with Crippen molar-refractivity contribution in [3.05, 3.63) is 23.0 Å². The minimum atomic E-state index is -3.27. The van der Waals surface area contributed by atoms with Gasteiger partial charge in [0.1, 0.15) is 0 Å². The van der Waals surface area contributed by atoms with Crippen LogP contribution in [0.1, 0.15) is 45.6 Å². The van der Waals surface area contributed by atoms with Crippen LogP contribution in [0.5, 0.6) is 0 Å². The van der Waals surface area contributed by atoms with Crippen LogP contribution in [0.2, 0.25) is 0 Å². The number of nitrogens with one attached hydrogen (secondary N) is 1. The maximum atomic E-state index is 11.9. The molecule has 1 unspecified atom stereocenters. The zero-order valence-electron chi connectivity index (χ0n) is 12.7. The van der Waals surface area contributed by atoms with Gasteiger partial charge in [0, 0.05) is 12.3 Å². The van der Waals surface area contributed by atoms with Crippen LogP contribution >= 0.6 is 12.2 Å². The van der Waals surface area contributed by atoms with Crippen LogP contribution in [0.25, 0.3) is 11.0 Å². The zero-order valence-corrected chi connectivity index (χ0v) is 14.4. The topological polar surface area (TPSA) is 54.9 Å². The third kappa shape index (κ3) is 3.37. The molecule has 0 aliphatic carbocycles. The van der Waals surface area contributed by atoms with Crippen LogP contribution in [0.15, 0.2) is 23.1 Å². The highest BCUT2D eigenvalue weighted by Crippen LogP contribution is 2.27. The summed E-state index contributed by atoms with van der Waals surface area (Å²) in [6, 6.07) is 5.57. The number of fused-ring (bicyclic) bond motifs is 1. The Balaban J connectivity index is 2.52. The van der Waals surface area contributed by atoms with Crippen LogP contribution in [-0.4, -0.2) is 24.2 Å². The highest BCUT2D eigenvalue weighted by Gasteiger charge is 2.17. The van der Waals surface area contributed by atoms with Gasteiger partial charge in [-0.3, -0.25) is 0 Å². The average molecular weight is 326 g/mol. The van der Waals surface area contributed by atoms with E-state index in [4.69, 9.17) is 12.2 Å². The Labute approximate surface area is 131 Å². The molecule has 0 amide bonds. The summed E-state index contributed by atoms with van der Waals surface area (Å²) < 4.78 is 26.4. The summed E-state index contributed by atoms with van der Waals surface area (Å²) in [6.07, 6.45) is 5.80. The smallest absolute Gasteiger partial charge is 0.178 e.